The smallest absolute Gasteiger partial charge is 0.260 e. The summed E-state index contributed by atoms with van der Waals surface area (Å²) in [5.74, 6) is 0. The Hall–Kier alpha value is -0.510. The summed E-state index contributed by atoms with van der Waals surface area (Å²) in [6, 6.07) is 11.1. The van der Waals surface area contributed by atoms with Gasteiger partial charge in [-0.05, 0) is 38.7 Å². The lowest BCUT2D eigenvalue weighted by molar-refractivity contribution is 0.0158. The van der Waals surface area contributed by atoms with Crippen molar-refractivity contribution in [2.75, 3.05) is 6.54 Å². The highest BCUT2D eigenvalue weighted by molar-refractivity contribution is 7.45. The quantitative estimate of drug-likeness (QED) is 0.744. The molecule has 0 bridgehead atoms. The van der Waals surface area contributed by atoms with Crippen LogP contribution in [0.1, 0.15) is 52.0 Å². The van der Waals surface area contributed by atoms with Crippen LogP contribution in [0.5, 0.6) is 0 Å². The summed E-state index contributed by atoms with van der Waals surface area (Å²) in [7, 11) is -1.01. The van der Waals surface area contributed by atoms with E-state index in [1.54, 1.807) is 0 Å². The number of hydrogen-bond donors (Lipinski definition) is 0. The molecule has 6 atom stereocenters. The highest BCUT2D eigenvalue weighted by Crippen LogP contribution is 2.63. The number of fused-ring (bicyclic) bond motifs is 1. The highest BCUT2D eigenvalue weighted by Gasteiger charge is 2.55. The maximum absolute atomic E-state index is 6.60. The average molecular weight is 349 g/mol. The van der Waals surface area contributed by atoms with E-state index in [4.69, 9.17) is 13.8 Å². The molecule has 1 aromatic carbocycles. The van der Waals surface area contributed by atoms with Crippen LogP contribution in [0.2, 0.25) is 0 Å². The van der Waals surface area contributed by atoms with Crippen molar-refractivity contribution in [3.05, 3.63) is 35.9 Å². The molecule has 0 aromatic heterocycles. The summed E-state index contributed by atoms with van der Waals surface area (Å²) in [6.07, 6.45) is 5.04. The lowest BCUT2D eigenvalue weighted by Crippen LogP contribution is -2.36. The zero-order valence-corrected chi connectivity index (χ0v) is 15.7. The Kier molecular flexibility index (Phi) is 4.70. The van der Waals surface area contributed by atoms with Gasteiger partial charge in [0.2, 0.25) is 0 Å². The van der Waals surface area contributed by atoms with Gasteiger partial charge in [-0.1, -0.05) is 37.3 Å². The van der Waals surface area contributed by atoms with Gasteiger partial charge >= 0.3 is 0 Å². The third-order valence-corrected chi connectivity index (χ3v) is 7.58. The number of ether oxygens (including phenoxy) is 1. The standard InChI is InChI=1S/C19H28NO3P/c1-4-16-17(13-14(2)21-16)22-24-20-12-8-11-18(20)19(3,23-24)15-9-6-5-7-10-15/h5-7,9-10,14,16-18H,4,8,11-13H2,1-3H3/t14-,16+,17?,18?,19+,24-/m0/s1. The maximum Gasteiger partial charge on any atom is 0.260 e. The van der Waals surface area contributed by atoms with Crippen LogP contribution in [0.4, 0.5) is 0 Å². The summed E-state index contributed by atoms with van der Waals surface area (Å²) in [5.41, 5.74) is 0.995. The van der Waals surface area contributed by atoms with Crippen molar-refractivity contribution < 1.29 is 13.8 Å². The van der Waals surface area contributed by atoms with Crippen LogP contribution in [0.25, 0.3) is 0 Å². The number of hydrogen-bond acceptors (Lipinski definition) is 4. The molecule has 132 valence electrons. The van der Waals surface area contributed by atoms with Gasteiger partial charge in [0.05, 0.1) is 24.4 Å². The Labute approximate surface area is 146 Å². The summed E-state index contributed by atoms with van der Waals surface area (Å²) < 4.78 is 21.6. The van der Waals surface area contributed by atoms with Crippen molar-refractivity contribution in [1.29, 1.82) is 0 Å². The van der Waals surface area contributed by atoms with Crippen molar-refractivity contribution in [3.8, 4) is 0 Å². The van der Waals surface area contributed by atoms with E-state index < -0.39 is 8.53 Å². The molecule has 2 unspecified atom stereocenters. The van der Waals surface area contributed by atoms with Crippen LogP contribution in [-0.2, 0) is 19.4 Å². The molecule has 24 heavy (non-hydrogen) atoms. The predicted octanol–water partition coefficient (Wildman–Crippen LogP) is 4.60. The Balaban J connectivity index is 1.55. The third-order valence-electron chi connectivity index (χ3n) is 5.70. The maximum atomic E-state index is 6.60. The molecule has 3 aliphatic rings. The first-order chi connectivity index (χ1) is 11.6. The van der Waals surface area contributed by atoms with Crippen molar-refractivity contribution in [3.63, 3.8) is 0 Å². The van der Waals surface area contributed by atoms with Gasteiger partial charge in [-0.25, -0.2) is 4.67 Å². The summed E-state index contributed by atoms with van der Waals surface area (Å²) in [6.45, 7) is 7.64. The van der Waals surface area contributed by atoms with Crippen LogP contribution < -0.4 is 0 Å². The topological polar surface area (TPSA) is 30.9 Å². The first kappa shape index (κ1) is 16.9. The van der Waals surface area contributed by atoms with Gasteiger partial charge in [0.25, 0.3) is 8.53 Å². The lowest BCUT2D eigenvalue weighted by Gasteiger charge is -2.29. The second-order valence-corrected chi connectivity index (χ2v) is 8.78. The van der Waals surface area contributed by atoms with Crippen molar-refractivity contribution in [2.45, 2.75) is 76.4 Å². The van der Waals surface area contributed by atoms with Gasteiger partial charge in [-0.3, -0.25) is 0 Å². The summed E-state index contributed by atoms with van der Waals surface area (Å²) in [5, 5.41) is 0. The fourth-order valence-electron chi connectivity index (χ4n) is 4.38. The lowest BCUT2D eigenvalue weighted by atomic mass is 9.87. The van der Waals surface area contributed by atoms with Gasteiger partial charge in [0, 0.05) is 13.0 Å². The largest absolute Gasteiger partial charge is 0.372 e. The Morgan fingerprint density at radius 1 is 1.33 bits per heavy atom. The van der Waals surface area contributed by atoms with E-state index in [0.717, 1.165) is 19.4 Å². The third kappa shape index (κ3) is 2.83. The average Bonchev–Trinajstić information content (AvgIpc) is 3.26. The predicted molar refractivity (Wildman–Crippen MR) is 95.6 cm³/mol. The van der Waals surface area contributed by atoms with E-state index >= 15 is 0 Å². The zero-order chi connectivity index (χ0) is 16.7. The van der Waals surface area contributed by atoms with Crippen LogP contribution in [0.15, 0.2) is 30.3 Å². The Morgan fingerprint density at radius 3 is 2.88 bits per heavy atom. The number of rotatable bonds is 4. The Bertz CT molecular complexity index is 571. The van der Waals surface area contributed by atoms with E-state index in [1.807, 2.05) is 0 Å². The molecular formula is C19H28NO3P. The SMILES string of the molecule is CC[C@H]1O[C@@H](C)CC1O[P@@]1O[C@](C)(c2ccccc2)C2CCCN21. The van der Waals surface area contributed by atoms with Crippen LogP contribution in [-0.4, -0.2) is 35.6 Å². The normalized spacial score (nSPS) is 42.5. The fraction of sp³-hybridized carbons (Fsp3) is 0.684. The molecule has 0 amide bonds. The van der Waals surface area contributed by atoms with Crippen molar-refractivity contribution >= 4 is 8.53 Å². The van der Waals surface area contributed by atoms with Gasteiger partial charge < -0.3 is 13.8 Å². The molecule has 3 aliphatic heterocycles. The molecule has 0 aliphatic carbocycles. The minimum Gasteiger partial charge on any atom is -0.372 e. The van der Waals surface area contributed by atoms with Crippen LogP contribution >= 0.6 is 8.53 Å². The number of nitrogens with zero attached hydrogens (tertiary/aromatic N) is 1. The molecule has 3 heterocycles. The molecule has 5 heteroatoms. The molecule has 0 N–H and O–H groups in total. The molecule has 4 rings (SSSR count). The summed E-state index contributed by atoms with van der Waals surface area (Å²) >= 11 is 0. The molecule has 0 spiro atoms. The van der Waals surface area contributed by atoms with E-state index in [0.29, 0.717) is 6.04 Å². The molecule has 0 radical (unpaired) electrons. The van der Waals surface area contributed by atoms with Gasteiger partial charge in [-0.2, -0.15) is 0 Å². The molecule has 1 aromatic rings. The van der Waals surface area contributed by atoms with Crippen molar-refractivity contribution in [1.82, 2.24) is 4.67 Å². The zero-order valence-electron chi connectivity index (χ0n) is 14.9. The Morgan fingerprint density at radius 2 is 2.12 bits per heavy atom. The summed E-state index contributed by atoms with van der Waals surface area (Å²) in [4.78, 5) is 0. The number of benzene rings is 1. The molecule has 3 fully saturated rings. The fourth-order valence-corrected chi connectivity index (χ4v) is 6.53. The van der Waals surface area contributed by atoms with E-state index in [9.17, 15) is 0 Å². The minimum absolute atomic E-state index is 0.162. The van der Waals surface area contributed by atoms with Crippen molar-refractivity contribution in [2.24, 2.45) is 0 Å². The monoisotopic (exact) mass is 349 g/mol. The second kappa shape index (κ2) is 6.66. The van der Waals surface area contributed by atoms with Gasteiger partial charge in [0.15, 0.2) is 0 Å². The molecule has 3 saturated heterocycles. The van der Waals surface area contributed by atoms with Gasteiger partial charge in [-0.15, -0.1) is 0 Å². The molecular weight excluding hydrogens is 321 g/mol. The van der Waals surface area contributed by atoms with E-state index in [-0.39, 0.29) is 23.9 Å². The second-order valence-electron chi connectivity index (χ2n) is 7.40. The highest BCUT2D eigenvalue weighted by atomic mass is 31.2. The van der Waals surface area contributed by atoms with E-state index in [2.05, 4.69) is 55.8 Å². The molecule has 0 saturated carbocycles. The molecule has 4 nitrogen and oxygen atoms in total. The first-order valence-electron chi connectivity index (χ1n) is 9.25. The van der Waals surface area contributed by atoms with Crippen LogP contribution in [0, 0.1) is 0 Å². The van der Waals surface area contributed by atoms with E-state index in [1.165, 1.54) is 18.4 Å². The first-order valence-corrected chi connectivity index (χ1v) is 10.4. The minimum atomic E-state index is -1.01. The van der Waals surface area contributed by atoms with Gasteiger partial charge in [0.1, 0.15) is 5.60 Å². The van der Waals surface area contributed by atoms with Crippen LogP contribution in [0.3, 0.4) is 0 Å².